The number of carbonyl (C=O) groups excluding carboxylic acids is 1. The van der Waals surface area contributed by atoms with Crippen LogP contribution < -0.4 is 15.4 Å². The van der Waals surface area contributed by atoms with Gasteiger partial charge in [0.25, 0.3) is 0 Å². The van der Waals surface area contributed by atoms with Crippen molar-refractivity contribution in [3.05, 3.63) is 17.7 Å². The van der Waals surface area contributed by atoms with Crippen molar-refractivity contribution in [3.8, 4) is 5.75 Å². The lowest BCUT2D eigenvalue weighted by Crippen LogP contribution is -2.36. The summed E-state index contributed by atoms with van der Waals surface area (Å²) in [7, 11) is 3.46. The zero-order valence-corrected chi connectivity index (χ0v) is 11.0. The fourth-order valence-electron chi connectivity index (χ4n) is 1.83. The molecule has 5 heteroatoms. The summed E-state index contributed by atoms with van der Waals surface area (Å²) >= 11 is 1.59. The summed E-state index contributed by atoms with van der Waals surface area (Å²) in [6.07, 6.45) is 0. The van der Waals surface area contributed by atoms with Gasteiger partial charge in [-0.15, -0.1) is 11.8 Å². The van der Waals surface area contributed by atoms with E-state index in [0.717, 1.165) is 16.1 Å². The number of aryl methyl sites for hydroxylation is 1. The first-order valence-electron chi connectivity index (χ1n) is 5.47. The van der Waals surface area contributed by atoms with Crippen LogP contribution in [0.25, 0.3) is 0 Å². The highest BCUT2D eigenvalue weighted by Gasteiger charge is 2.29. The monoisotopic (exact) mass is 252 g/mol. The van der Waals surface area contributed by atoms with Gasteiger partial charge < -0.3 is 15.4 Å². The minimum Gasteiger partial charge on any atom is -0.495 e. The van der Waals surface area contributed by atoms with Gasteiger partial charge in [-0.3, -0.25) is 4.79 Å². The van der Waals surface area contributed by atoms with Gasteiger partial charge in [-0.05, 0) is 25.6 Å². The molecular weight excluding hydrogens is 236 g/mol. The van der Waals surface area contributed by atoms with Crippen LogP contribution in [-0.2, 0) is 4.79 Å². The summed E-state index contributed by atoms with van der Waals surface area (Å²) in [5, 5.41) is 5.88. The van der Waals surface area contributed by atoms with Crippen molar-refractivity contribution in [3.63, 3.8) is 0 Å². The van der Waals surface area contributed by atoms with Gasteiger partial charge in [-0.25, -0.2) is 0 Å². The van der Waals surface area contributed by atoms with E-state index in [1.165, 1.54) is 0 Å². The van der Waals surface area contributed by atoms with Crippen LogP contribution in [0.15, 0.2) is 17.0 Å². The maximum Gasteiger partial charge on any atom is 0.239 e. The largest absolute Gasteiger partial charge is 0.495 e. The highest BCUT2D eigenvalue weighted by Crippen LogP contribution is 2.43. The van der Waals surface area contributed by atoms with Gasteiger partial charge in [-0.2, -0.15) is 0 Å². The van der Waals surface area contributed by atoms with Crippen molar-refractivity contribution in [2.75, 3.05) is 26.0 Å². The molecule has 0 saturated carbocycles. The quantitative estimate of drug-likeness (QED) is 0.858. The van der Waals surface area contributed by atoms with Crippen molar-refractivity contribution >= 4 is 23.4 Å². The predicted molar refractivity (Wildman–Crippen MR) is 69.9 cm³/mol. The Balaban J connectivity index is 2.40. The molecule has 0 aromatic heterocycles. The number of anilines is 1. The van der Waals surface area contributed by atoms with E-state index in [4.69, 9.17) is 4.74 Å². The molecule has 1 aliphatic rings. The van der Waals surface area contributed by atoms with E-state index in [1.807, 2.05) is 26.1 Å². The van der Waals surface area contributed by atoms with Gasteiger partial charge in [-0.1, -0.05) is 6.07 Å². The fourth-order valence-corrected chi connectivity index (χ4v) is 3.05. The van der Waals surface area contributed by atoms with E-state index in [9.17, 15) is 4.79 Å². The van der Waals surface area contributed by atoms with Crippen molar-refractivity contribution in [1.29, 1.82) is 0 Å². The number of hydrogen-bond donors (Lipinski definition) is 2. The van der Waals surface area contributed by atoms with Crippen LogP contribution in [0.2, 0.25) is 0 Å². The van der Waals surface area contributed by atoms with Crippen LogP contribution in [0.1, 0.15) is 5.56 Å². The van der Waals surface area contributed by atoms with Gasteiger partial charge in [0.1, 0.15) is 11.0 Å². The van der Waals surface area contributed by atoms with Crippen LogP contribution in [-0.4, -0.2) is 31.9 Å². The molecule has 0 aliphatic carbocycles. The molecule has 2 N–H and O–H groups in total. The molecule has 92 valence electrons. The summed E-state index contributed by atoms with van der Waals surface area (Å²) in [5.74, 6) is 0.745. The van der Waals surface area contributed by atoms with E-state index in [0.29, 0.717) is 12.3 Å². The van der Waals surface area contributed by atoms with Crippen LogP contribution in [0.3, 0.4) is 0 Å². The fraction of sp³-hybridized carbons (Fsp3) is 0.417. The zero-order valence-electron chi connectivity index (χ0n) is 10.2. The Bertz CT molecular complexity index is 448. The Morgan fingerprint density at radius 3 is 2.94 bits per heavy atom. The molecule has 1 heterocycles. The number of methoxy groups -OCH3 is 1. The lowest BCUT2D eigenvalue weighted by molar-refractivity contribution is -0.115. The van der Waals surface area contributed by atoms with Crippen molar-refractivity contribution in [2.45, 2.75) is 17.1 Å². The molecule has 0 spiro atoms. The maximum atomic E-state index is 11.9. The van der Waals surface area contributed by atoms with Gasteiger partial charge in [0.2, 0.25) is 5.91 Å². The van der Waals surface area contributed by atoms with Gasteiger partial charge in [0.05, 0.1) is 12.8 Å². The minimum absolute atomic E-state index is 0.0285. The molecule has 0 bridgehead atoms. The number of carbonyl (C=O) groups is 1. The Labute approximate surface area is 105 Å². The second kappa shape index (κ2) is 4.98. The molecule has 0 radical (unpaired) electrons. The molecule has 1 aromatic rings. The average Bonchev–Trinajstić information content (AvgIpc) is 2.32. The molecule has 4 nitrogen and oxygen atoms in total. The van der Waals surface area contributed by atoms with E-state index in [-0.39, 0.29) is 11.2 Å². The maximum absolute atomic E-state index is 11.9. The number of ether oxygens (including phenoxy) is 1. The number of thioether (sulfide) groups is 1. The highest BCUT2D eigenvalue weighted by molar-refractivity contribution is 8.01. The molecule has 17 heavy (non-hydrogen) atoms. The first kappa shape index (κ1) is 12.3. The molecule has 1 unspecified atom stereocenters. The third-order valence-corrected chi connectivity index (χ3v) is 4.15. The normalized spacial score (nSPS) is 18.5. The first-order chi connectivity index (χ1) is 8.17. The third kappa shape index (κ3) is 2.25. The lowest BCUT2D eigenvalue weighted by atomic mass is 10.2. The molecule has 1 amide bonds. The molecule has 0 fully saturated rings. The van der Waals surface area contributed by atoms with Crippen LogP contribution in [0, 0.1) is 6.92 Å². The summed E-state index contributed by atoms with van der Waals surface area (Å²) in [6, 6.07) is 3.89. The van der Waals surface area contributed by atoms with Crippen molar-refractivity contribution in [2.24, 2.45) is 0 Å². The number of hydrogen-bond acceptors (Lipinski definition) is 4. The standard InChI is InChI=1S/C12H16N2O2S/c1-7-4-5-8(16-3)10-11(7)17-9(6-13-2)12(15)14-10/h4-5,9,13H,6H2,1-3H3,(H,14,15). The average molecular weight is 252 g/mol. The number of rotatable bonds is 3. The van der Waals surface area contributed by atoms with Gasteiger partial charge in [0.15, 0.2) is 0 Å². The molecule has 2 rings (SSSR count). The second-order valence-corrected chi connectivity index (χ2v) is 5.16. The van der Waals surface area contributed by atoms with E-state index in [1.54, 1.807) is 18.9 Å². The lowest BCUT2D eigenvalue weighted by Gasteiger charge is -2.26. The molecular formula is C12H16N2O2S. The smallest absolute Gasteiger partial charge is 0.239 e. The Kier molecular flexibility index (Phi) is 3.59. The number of nitrogens with one attached hydrogen (secondary N) is 2. The summed E-state index contributed by atoms with van der Waals surface area (Å²) in [6.45, 7) is 2.70. The van der Waals surface area contributed by atoms with Crippen molar-refractivity contribution < 1.29 is 9.53 Å². The molecule has 1 aromatic carbocycles. The van der Waals surface area contributed by atoms with E-state index >= 15 is 0 Å². The first-order valence-corrected chi connectivity index (χ1v) is 6.35. The van der Waals surface area contributed by atoms with Crippen LogP contribution in [0.4, 0.5) is 5.69 Å². The summed E-state index contributed by atoms with van der Waals surface area (Å²) < 4.78 is 5.27. The Hall–Kier alpha value is -1.20. The van der Waals surface area contributed by atoms with Gasteiger partial charge in [0, 0.05) is 11.4 Å². The second-order valence-electron chi connectivity index (χ2n) is 3.94. The topological polar surface area (TPSA) is 50.4 Å². The predicted octanol–water partition coefficient (Wildman–Crippen LogP) is 1.64. The highest BCUT2D eigenvalue weighted by atomic mass is 32.2. The Morgan fingerprint density at radius 2 is 2.29 bits per heavy atom. The van der Waals surface area contributed by atoms with Crippen LogP contribution >= 0.6 is 11.8 Å². The molecule has 1 atom stereocenters. The number of benzene rings is 1. The summed E-state index contributed by atoms with van der Waals surface area (Å²) in [5.41, 5.74) is 1.96. The van der Waals surface area contributed by atoms with Crippen molar-refractivity contribution in [1.82, 2.24) is 5.32 Å². The SMILES string of the molecule is CNCC1Sc2c(C)ccc(OC)c2NC1=O. The number of amides is 1. The van der Waals surface area contributed by atoms with Crippen LogP contribution in [0.5, 0.6) is 5.75 Å². The summed E-state index contributed by atoms with van der Waals surface area (Å²) in [4.78, 5) is 13.0. The minimum atomic E-state index is -0.0849. The van der Waals surface area contributed by atoms with E-state index < -0.39 is 0 Å². The molecule has 0 saturated heterocycles. The third-order valence-electron chi connectivity index (χ3n) is 2.73. The van der Waals surface area contributed by atoms with E-state index in [2.05, 4.69) is 10.6 Å². The number of fused-ring (bicyclic) bond motifs is 1. The molecule has 1 aliphatic heterocycles. The zero-order chi connectivity index (χ0) is 12.4. The Morgan fingerprint density at radius 1 is 1.53 bits per heavy atom. The van der Waals surface area contributed by atoms with Gasteiger partial charge >= 0.3 is 0 Å².